The SMILES string of the molecule is C=C(C)C(=O)OC(C)CC(C)(C)CC(C)C. The van der Waals surface area contributed by atoms with Crippen LogP contribution >= 0.6 is 0 Å². The molecule has 0 amide bonds. The molecule has 94 valence electrons. The monoisotopic (exact) mass is 226 g/mol. The molecule has 0 aromatic carbocycles. The van der Waals surface area contributed by atoms with Gasteiger partial charge in [-0.15, -0.1) is 0 Å². The summed E-state index contributed by atoms with van der Waals surface area (Å²) in [5, 5.41) is 0. The Bertz CT molecular complexity index is 251. The lowest BCUT2D eigenvalue weighted by Crippen LogP contribution is -2.24. The van der Waals surface area contributed by atoms with Gasteiger partial charge in [0.2, 0.25) is 0 Å². The first kappa shape index (κ1) is 15.2. The van der Waals surface area contributed by atoms with E-state index >= 15 is 0 Å². The molecule has 0 aliphatic carbocycles. The van der Waals surface area contributed by atoms with Crippen LogP contribution in [-0.2, 0) is 9.53 Å². The Kier molecular flexibility index (Phi) is 5.77. The van der Waals surface area contributed by atoms with Crippen LogP contribution in [0.5, 0.6) is 0 Å². The minimum atomic E-state index is -0.284. The van der Waals surface area contributed by atoms with Crippen LogP contribution in [0.25, 0.3) is 0 Å². The van der Waals surface area contributed by atoms with E-state index < -0.39 is 0 Å². The molecule has 0 N–H and O–H groups in total. The first-order valence-electron chi connectivity index (χ1n) is 6.00. The lowest BCUT2D eigenvalue weighted by molar-refractivity contribution is -0.144. The van der Waals surface area contributed by atoms with E-state index in [1.807, 2.05) is 6.92 Å². The van der Waals surface area contributed by atoms with Crippen molar-refractivity contribution in [1.82, 2.24) is 0 Å². The Hall–Kier alpha value is -0.790. The molecule has 0 aromatic heterocycles. The van der Waals surface area contributed by atoms with Crippen LogP contribution in [0.2, 0.25) is 0 Å². The summed E-state index contributed by atoms with van der Waals surface area (Å²) in [6.45, 7) is 16.1. The van der Waals surface area contributed by atoms with E-state index in [2.05, 4.69) is 34.3 Å². The largest absolute Gasteiger partial charge is 0.459 e. The summed E-state index contributed by atoms with van der Waals surface area (Å²) in [7, 11) is 0. The third-order valence-electron chi connectivity index (χ3n) is 2.46. The van der Waals surface area contributed by atoms with Crippen molar-refractivity contribution in [3.63, 3.8) is 0 Å². The quantitative estimate of drug-likeness (QED) is 0.506. The van der Waals surface area contributed by atoms with E-state index in [1.165, 1.54) is 0 Å². The van der Waals surface area contributed by atoms with E-state index in [0.717, 1.165) is 12.8 Å². The Morgan fingerprint density at radius 3 is 2.12 bits per heavy atom. The van der Waals surface area contributed by atoms with Crippen molar-refractivity contribution >= 4 is 5.97 Å². The summed E-state index contributed by atoms with van der Waals surface area (Å²) >= 11 is 0. The Morgan fingerprint density at radius 2 is 1.75 bits per heavy atom. The summed E-state index contributed by atoms with van der Waals surface area (Å²) in [6, 6.07) is 0. The average molecular weight is 226 g/mol. The maximum absolute atomic E-state index is 11.3. The molecule has 0 radical (unpaired) electrons. The molecule has 0 rings (SSSR count). The van der Waals surface area contributed by atoms with E-state index in [0.29, 0.717) is 11.5 Å². The summed E-state index contributed by atoms with van der Waals surface area (Å²) < 4.78 is 5.29. The molecule has 0 saturated heterocycles. The molecule has 0 heterocycles. The number of hydrogen-bond acceptors (Lipinski definition) is 2. The van der Waals surface area contributed by atoms with Gasteiger partial charge in [0.05, 0.1) is 6.10 Å². The predicted octanol–water partition coefficient (Wildman–Crippen LogP) is 3.96. The smallest absolute Gasteiger partial charge is 0.333 e. The Labute approximate surface area is 100 Å². The lowest BCUT2D eigenvalue weighted by atomic mass is 9.79. The van der Waals surface area contributed by atoms with Crippen molar-refractivity contribution in [2.24, 2.45) is 11.3 Å². The minimum Gasteiger partial charge on any atom is -0.459 e. The fourth-order valence-corrected chi connectivity index (χ4v) is 2.29. The van der Waals surface area contributed by atoms with Crippen LogP contribution < -0.4 is 0 Å². The fraction of sp³-hybridized carbons (Fsp3) is 0.786. The van der Waals surface area contributed by atoms with Gasteiger partial charge in [-0.25, -0.2) is 4.79 Å². The number of esters is 1. The van der Waals surface area contributed by atoms with Gasteiger partial charge in [0.15, 0.2) is 0 Å². The molecule has 1 unspecified atom stereocenters. The van der Waals surface area contributed by atoms with E-state index in [4.69, 9.17) is 4.74 Å². The van der Waals surface area contributed by atoms with Crippen molar-refractivity contribution in [3.05, 3.63) is 12.2 Å². The molecule has 0 bridgehead atoms. The van der Waals surface area contributed by atoms with Gasteiger partial charge < -0.3 is 4.74 Å². The maximum atomic E-state index is 11.3. The van der Waals surface area contributed by atoms with Gasteiger partial charge in [-0.3, -0.25) is 0 Å². The predicted molar refractivity (Wildman–Crippen MR) is 68.2 cm³/mol. The van der Waals surface area contributed by atoms with Crippen LogP contribution in [0, 0.1) is 11.3 Å². The zero-order valence-electron chi connectivity index (χ0n) is 11.6. The molecule has 0 saturated carbocycles. The van der Waals surface area contributed by atoms with E-state index in [-0.39, 0.29) is 17.5 Å². The van der Waals surface area contributed by atoms with Gasteiger partial charge in [0.1, 0.15) is 0 Å². The summed E-state index contributed by atoms with van der Waals surface area (Å²) in [5.74, 6) is 0.381. The topological polar surface area (TPSA) is 26.3 Å². The number of carbonyl (C=O) groups excluding carboxylic acids is 1. The van der Waals surface area contributed by atoms with Crippen molar-refractivity contribution < 1.29 is 9.53 Å². The van der Waals surface area contributed by atoms with E-state index in [9.17, 15) is 4.79 Å². The second kappa shape index (κ2) is 6.07. The number of rotatable bonds is 6. The Balaban J connectivity index is 4.17. The van der Waals surface area contributed by atoms with Crippen LogP contribution in [0.1, 0.15) is 54.4 Å². The average Bonchev–Trinajstić information content (AvgIpc) is 1.98. The standard InChI is InChI=1S/C14H26O2/c1-10(2)8-14(6,7)9-12(5)16-13(15)11(3)4/h10,12H,3,8-9H2,1-2,4-7H3. The number of hydrogen-bond donors (Lipinski definition) is 0. The highest BCUT2D eigenvalue weighted by Crippen LogP contribution is 2.31. The van der Waals surface area contributed by atoms with Gasteiger partial charge in [0, 0.05) is 5.57 Å². The first-order valence-corrected chi connectivity index (χ1v) is 6.00. The fourth-order valence-electron chi connectivity index (χ4n) is 2.29. The highest BCUT2D eigenvalue weighted by Gasteiger charge is 2.24. The van der Waals surface area contributed by atoms with Gasteiger partial charge in [-0.2, -0.15) is 0 Å². The number of carbonyl (C=O) groups is 1. The molecule has 0 spiro atoms. The van der Waals surface area contributed by atoms with Gasteiger partial charge in [-0.05, 0) is 38.0 Å². The molecule has 2 nitrogen and oxygen atoms in total. The van der Waals surface area contributed by atoms with Crippen LogP contribution in [0.4, 0.5) is 0 Å². The van der Waals surface area contributed by atoms with Crippen LogP contribution in [0.3, 0.4) is 0 Å². The van der Waals surface area contributed by atoms with Gasteiger partial charge in [-0.1, -0.05) is 34.3 Å². The zero-order valence-corrected chi connectivity index (χ0v) is 11.6. The summed E-state index contributed by atoms with van der Waals surface area (Å²) in [6.07, 6.45) is 1.99. The molecular weight excluding hydrogens is 200 g/mol. The van der Waals surface area contributed by atoms with Crippen molar-refractivity contribution in [2.45, 2.75) is 60.5 Å². The highest BCUT2D eigenvalue weighted by atomic mass is 16.5. The molecule has 0 aliphatic heterocycles. The molecule has 0 fully saturated rings. The maximum Gasteiger partial charge on any atom is 0.333 e. The van der Waals surface area contributed by atoms with Crippen LogP contribution in [-0.4, -0.2) is 12.1 Å². The normalized spacial score (nSPS) is 13.7. The second-order valence-electron chi connectivity index (χ2n) is 5.96. The third kappa shape index (κ3) is 6.65. The number of ether oxygens (including phenoxy) is 1. The molecule has 1 atom stereocenters. The van der Waals surface area contributed by atoms with Gasteiger partial charge in [0.25, 0.3) is 0 Å². The van der Waals surface area contributed by atoms with Crippen LogP contribution in [0.15, 0.2) is 12.2 Å². The van der Waals surface area contributed by atoms with Crippen molar-refractivity contribution in [3.8, 4) is 0 Å². The summed E-state index contributed by atoms with van der Waals surface area (Å²) in [4.78, 5) is 11.3. The summed E-state index contributed by atoms with van der Waals surface area (Å²) in [5.41, 5.74) is 0.677. The minimum absolute atomic E-state index is 0.0436. The first-order chi connectivity index (χ1) is 7.14. The molecule has 16 heavy (non-hydrogen) atoms. The lowest BCUT2D eigenvalue weighted by Gasteiger charge is -2.29. The van der Waals surface area contributed by atoms with E-state index in [1.54, 1.807) is 6.92 Å². The third-order valence-corrected chi connectivity index (χ3v) is 2.46. The molecule has 2 heteroatoms. The highest BCUT2D eigenvalue weighted by molar-refractivity contribution is 5.87. The molecule has 0 aliphatic rings. The Morgan fingerprint density at radius 1 is 1.25 bits per heavy atom. The molecule has 0 aromatic rings. The molecular formula is C14H26O2. The second-order valence-corrected chi connectivity index (χ2v) is 5.96. The van der Waals surface area contributed by atoms with Crippen molar-refractivity contribution in [1.29, 1.82) is 0 Å². The van der Waals surface area contributed by atoms with Gasteiger partial charge >= 0.3 is 5.97 Å². The van der Waals surface area contributed by atoms with Crippen molar-refractivity contribution in [2.75, 3.05) is 0 Å². The zero-order chi connectivity index (χ0) is 12.9.